The summed E-state index contributed by atoms with van der Waals surface area (Å²) in [5.74, 6) is 0.833. The SMILES string of the molecule is CCC(CSC)N(C)C(=O)c1ccccc1O. The van der Waals surface area contributed by atoms with Crippen LogP contribution in [0.2, 0.25) is 0 Å². The van der Waals surface area contributed by atoms with E-state index in [1.165, 1.54) is 6.07 Å². The number of benzene rings is 1. The van der Waals surface area contributed by atoms with Crippen LogP contribution in [0.1, 0.15) is 23.7 Å². The van der Waals surface area contributed by atoms with Gasteiger partial charge in [0.1, 0.15) is 5.75 Å². The third-order valence-corrected chi connectivity index (χ3v) is 3.55. The number of hydrogen-bond acceptors (Lipinski definition) is 3. The van der Waals surface area contributed by atoms with E-state index in [0.29, 0.717) is 5.56 Å². The zero-order valence-corrected chi connectivity index (χ0v) is 11.3. The largest absolute Gasteiger partial charge is 0.507 e. The smallest absolute Gasteiger partial charge is 0.257 e. The van der Waals surface area contributed by atoms with Crippen LogP contribution < -0.4 is 0 Å². The minimum absolute atomic E-state index is 0.0448. The van der Waals surface area contributed by atoms with Crippen molar-refractivity contribution in [2.24, 2.45) is 0 Å². The number of phenolic OH excluding ortho intramolecular Hbond substituents is 1. The number of aromatic hydroxyl groups is 1. The fourth-order valence-corrected chi connectivity index (χ4v) is 2.55. The second kappa shape index (κ2) is 6.55. The van der Waals surface area contributed by atoms with E-state index in [-0.39, 0.29) is 17.7 Å². The quantitative estimate of drug-likeness (QED) is 0.877. The first-order valence-corrected chi connectivity index (χ1v) is 7.05. The number of thioether (sulfide) groups is 1. The van der Waals surface area contributed by atoms with E-state index in [2.05, 4.69) is 6.92 Å². The number of rotatable bonds is 5. The van der Waals surface area contributed by atoms with Gasteiger partial charge in [0.25, 0.3) is 5.91 Å². The third kappa shape index (κ3) is 3.40. The molecule has 1 amide bonds. The van der Waals surface area contributed by atoms with Gasteiger partial charge in [-0.15, -0.1) is 0 Å². The van der Waals surface area contributed by atoms with E-state index < -0.39 is 0 Å². The van der Waals surface area contributed by atoms with Crippen LogP contribution in [-0.2, 0) is 0 Å². The first-order chi connectivity index (χ1) is 8.11. The molecule has 1 rings (SSSR count). The molecule has 0 spiro atoms. The number of para-hydroxylation sites is 1. The van der Waals surface area contributed by atoms with Gasteiger partial charge in [0.2, 0.25) is 0 Å². The number of phenols is 1. The molecule has 0 heterocycles. The van der Waals surface area contributed by atoms with Gasteiger partial charge in [0.15, 0.2) is 0 Å². The minimum atomic E-state index is -0.121. The molecule has 0 aliphatic rings. The molecule has 0 aliphatic heterocycles. The molecular formula is C13H19NO2S. The van der Waals surface area contributed by atoms with Gasteiger partial charge in [-0.25, -0.2) is 0 Å². The van der Waals surface area contributed by atoms with E-state index in [0.717, 1.165) is 12.2 Å². The summed E-state index contributed by atoms with van der Waals surface area (Å²) < 4.78 is 0. The molecule has 1 unspecified atom stereocenters. The van der Waals surface area contributed by atoms with Crippen LogP contribution >= 0.6 is 11.8 Å². The van der Waals surface area contributed by atoms with Gasteiger partial charge < -0.3 is 10.0 Å². The molecule has 0 bridgehead atoms. The van der Waals surface area contributed by atoms with Crippen molar-refractivity contribution in [1.82, 2.24) is 4.90 Å². The number of amides is 1. The maximum Gasteiger partial charge on any atom is 0.257 e. The molecule has 1 aromatic rings. The average molecular weight is 253 g/mol. The predicted octanol–water partition coefficient (Wildman–Crippen LogP) is 2.61. The number of nitrogens with zero attached hydrogens (tertiary/aromatic N) is 1. The lowest BCUT2D eigenvalue weighted by atomic mass is 10.1. The first kappa shape index (κ1) is 13.9. The highest BCUT2D eigenvalue weighted by atomic mass is 32.2. The second-order valence-corrected chi connectivity index (χ2v) is 4.86. The first-order valence-electron chi connectivity index (χ1n) is 5.65. The second-order valence-electron chi connectivity index (χ2n) is 3.95. The molecule has 3 nitrogen and oxygen atoms in total. The predicted molar refractivity (Wildman–Crippen MR) is 72.7 cm³/mol. The van der Waals surface area contributed by atoms with Crippen molar-refractivity contribution < 1.29 is 9.90 Å². The van der Waals surface area contributed by atoms with E-state index >= 15 is 0 Å². The van der Waals surface area contributed by atoms with Crippen LogP contribution in [-0.4, -0.2) is 41.0 Å². The van der Waals surface area contributed by atoms with E-state index in [9.17, 15) is 9.90 Å². The van der Waals surface area contributed by atoms with Crippen LogP contribution in [0.5, 0.6) is 5.75 Å². The van der Waals surface area contributed by atoms with Crippen molar-refractivity contribution in [3.8, 4) is 5.75 Å². The summed E-state index contributed by atoms with van der Waals surface area (Å²) in [4.78, 5) is 13.9. The number of carbonyl (C=O) groups is 1. The summed E-state index contributed by atoms with van der Waals surface area (Å²) in [6.07, 6.45) is 2.94. The Morgan fingerprint density at radius 1 is 1.47 bits per heavy atom. The summed E-state index contributed by atoms with van der Waals surface area (Å²) in [6, 6.07) is 6.87. The molecule has 0 saturated heterocycles. The summed E-state index contributed by atoms with van der Waals surface area (Å²) in [5.41, 5.74) is 0.370. The zero-order chi connectivity index (χ0) is 12.8. The molecular weight excluding hydrogens is 234 g/mol. The molecule has 1 aromatic carbocycles. The number of carbonyl (C=O) groups excluding carboxylic acids is 1. The molecule has 0 radical (unpaired) electrons. The Balaban J connectivity index is 2.85. The maximum atomic E-state index is 12.2. The van der Waals surface area contributed by atoms with Gasteiger partial charge in [-0.05, 0) is 24.8 Å². The normalized spacial score (nSPS) is 12.2. The Morgan fingerprint density at radius 3 is 2.65 bits per heavy atom. The van der Waals surface area contributed by atoms with E-state index in [1.807, 2.05) is 6.26 Å². The topological polar surface area (TPSA) is 40.5 Å². The zero-order valence-electron chi connectivity index (χ0n) is 10.5. The fraction of sp³-hybridized carbons (Fsp3) is 0.462. The molecule has 94 valence electrons. The van der Waals surface area contributed by atoms with Crippen molar-refractivity contribution in [2.75, 3.05) is 19.1 Å². The van der Waals surface area contributed by atoms with Crippen LogP contribution in [0.4, 0.5) is 0 Å². The molecule has 17 heavy (non-hydrogen) atoms. The molecule has 1 N–H and O–H groups in total. The maximum absolute atomic E-state index is 12.2. The molecule has 4 heteroatoms. The highest BCUT2D eigenvalue weighted by Gasteiger charge is 2.21. The van der Waals surface area contributed by atoms with Crippen molar-refractivity contribution in [1.29, 1.82) is 0 Å². The van der Waals surface area contributed by atoms with E-state index in [4.69, 9.17) is 0 Å². The van der Waals surface area contributed by atoms with Crippen molar-refractivity contribution in [2.45, 2.75) is 19.4 Å². The molecule has 1 atom stereocenters. The third-order valence-electron chi connectivity index (χ3n) is 2.83. The highest BCUT2D eigenvalue weighted by Crippen LogP contribution is 2.19. The lowest BCUT2D eigenvalue weighted by Gasteiger charge is -2.27. The monoisotopic (exact) mass is 253 g/mol. The lowest BCUT2D eigenvalue weighted by molar-refractivity contribution is 0.0740. The van der Waals surface area contributed by atoms with Crippen molar-refractivity contribution in [3.05, 3.63) is 29.8 Å². The van der Waals surface area contributed by atoms with Gasteiger partial charge in [0, 0.05) is 18.8 Å². The van der Waals surface area contributed by atoms with Crippen LogP contribution in [0.25, 0.3) is 0 Å². The Kier molecular flexibility index (Phi) is 5.35. The van der Waals surface area contributed by atoms with Gasteiger partial charge >= 0.3 is 0 Å². The number of hydrogen-bond donors (Lipinski definition) is 1. The minimum Gasteiger partial charge on any atom is -0.507 e. The summed E-state index contributed by atoms with van der Waals surface area (Å²) in [7, 11) is 1.79. The summed E-state index contributed by atoms with van der Waals surface area (Å²) in [6.45, 7) is 2.06. The van der Waals surface area contributed by atoms with Crippen LogP contribution in [0, 0.1) is 0 Å². The van der Waals surface area contributed by atoms with Gasteiger partial charge in [-0.3, -0.25) is 4.79 Å². The summed E-state index contributed by atoms with van der Waals surface area (Å²) >= 11 is 1.72. The molecule has 0 aliphatic carbocycles. The van der Waals surface area contributed by atoms with Crippen LogP contribution in [0.3, 0.4) is 0 Å². The van der Waals surface area contributed by atoms with Gasteiger partial charge in [0.05, 0.1) is 5.56 Å². The van der Waals surface area contributed by atoms with Crippen molar-refractivity contribution >= 4 is 17.7 Å². The van der Waals surface area contributed by atoms with E-state index in [1.54, 1.807) is 41.9 Å². The fourth-order valence-electron chi connectivity index (χ4n) is 1.71. The summed E-state index contributed by atoms with van der Waals surface area (Å²) in [5, 5.41) is 9.66. The molecule has 0 fully saturated rings. The van der Waals surface area contributed by atoms with Gasteiger partial charge in [-0.1, -0.05) is 19.1 Å². The highest BCUT2D eigenvalue weighted by molar-refractivity contribution is 7.98. The Hall–Kier alpha value is -1.16. The Bertz CT molecular complexity index is 381. The van der Waals surface area contributed by atoms with Gasteiger partial charge in [-0.2, -0.15) is 11.8 Å². The standard InChI is InChI=1S/C13H19NO2S/c1-4-10(9-17-3)14(2)13(16)11-7-5-6-8-12(11)15/h5-8,10,15H,4,9H2,1-3H3. The van der Waals surface area contributed by atoms with Crippen LogP contribution in [0.15, 0.2) is 24.3 Å². The Labute approximate surface area is 107 Å². The average Bonchev–Trinajstić information content (AvgIpc) is 2.35. The molecule has 0 aromatic heterocycles. The van der Waals surface area contributed by atoms with Crippen molar-refractivity contribution in [3.63, 3.8) is 0 Å². The lowest BCUT2D eigenvalue weighted by Crippen LogP contribution is -2.38. The molecule has 0 saturated carbocycles. The Morgan fingerprint density at radius 2 is 2.12 bits per heavy atom.